The number of hydrogen-bond acceptors (Lipinski definition) is 7. The molecule has 3 saturated heterocycles. The van der Waals surface area contributed by atoms with E-state index in [0.717, 1.165) is 28.0 Å². The second-order valence-electron chi connectivity index (χ2n) is 10.2. The van der Waals surface area contributed by atoms with Crippen molar-refractivity contribution in [3.05, 3.63) is 56.6 Å². The van der Waals surface area contributed by atoms with Crippen LogP contribution in [0.1, 0.15) is 35.1 Å². The first-order valence-electron chi connectivity index (χ1n) is 12.0. The Morgan fingerprint density at radius 1 is 1.08 bits per heavy atom. The molecule has 4 atom stereocenters. The van der Waals surface area contributed by atoms with E-state index in [1.165, 1.54) is 19.2 Å². The van der Waals surface area contributed by atoms with Gasteiger partial charge in [-0.05, 0) is 51.3 Å². The topological polar surface area (TPSA) is 122 Å². The van der Waals surface area contributed by atoms with Gasteiger partial charge in [-0.1, -0.05) is 17.7 Å². The zero-order valence-electron chi connectivity index (χ0n) is 20.5. The standard InChI is InChI=1S/C26H26N4O6/c1-12-8-14(3)22-15(9-12)26(25(33)27-22)21-20(16-6-5-7-28(16)26)23(31)29(24(21)32)17-11-19(36-4)18(30(34)35)10-13(17)2/h8-11,16,20-21H,5-7H2,1-4H3,(H,27,33). The fourth-order valence-electron chi connectivity index (χ4n) is 7.11. The molecule has 36 heavy (non-hydrogen) atoms. The molecule has 3 fully saturated rings. The SMILES string of the molecule is COc1cc(N2C(=O)C3C4CCCN4C4(C(=O)Nc5c(C)cc(C)cc54)C3C2=O)c(C)cc1[N+](=O)[O-]. The summed E-state index contributed by atoms with van der Waals surface area (Å²) in [4.78, 5) is 56.2. The van der Waals surface area contributed by atoms with Gasteiger partial charge in [0.15, 0.2) is 5.75 Å². The summed E-state index contributed by atoms with van der Waals surface area (Å²) >= 11 is 0. The molecule has 2 aromatic carbocycles. The predicted octanol–water partition coefficient (Wildman–Crippen LogP) is 2.96. The Hall–Kier alpha value is -3.79. The van der Waals surface area contributed by atoms with Gasteiger partial charge in [0, 0.05) is 29.4 Å². The number of nitrogens with zero attached hydrogens (tertiary/aromatic N) is 3. The van der Waals surface area contributed by atoms with Gasteiger partial charge in [-0.2, -0.15) is 0 Å². The number of anilines is 2. The number of nitro benzene ring substituents is 1. The Morgan fingerprint density at radius 3 is 2.53 bits per heavy atom. The molecule has 0 aromatic heterocycles. The summed E-state index contributed by atoms with van der Waals surface area (Å²) in [6.45, 7) is 6.14. The van der Waals surface area contributed by atoms with E-state index in [0.29, 0.717) is 24.2 Å². The number of ether oxygens (including phenoxy) is 1. The van der Waals surface area contributed by atoms with Crippen LogP contribution in [0.25, 0.3) is 0 Å². The summed E-state index contributed by atoms with van der Waals surface area (Å²) in [5.74, 6) is -2.71. The number of nitro groups is 1. The van der Waals surface area contributed by atoms with Crippen molar-refractivity contribution in [2.75, 3.05) is 23.9 Å². The maximum atomic E-state index is 14.2. The molecule has 10 heteroatoms. The molecule has 3 amide bonds. The number of hydrogen-bond donors (Lipinski definition) is 1. The van der Waals surface area contributed by atoms with Crippen molar-refractivity contribution in [1.82, 2.24) is 4.90 Å². The smallest absolute Gasteiger partial charge is 0.311 e. The lowest BCUT2D eigenvalue weighted by molar-refractivity contribution is -0.385. The van der Waals surface area contributed by atoms with Gasteiger partial charge in [-0.25, -0.2) is 4.90 Å². The van der Waals surface area contributed by atoms with Crippen LogP contribution in [0.5, 0.6) is 5.75 Å². The highest BCUT2D eigenvalue weighted by atomic mass is 16.6. The fraction of sp³-hybridized carbons (Fsp3) is 0.423. The first kappa shape index (κ1) is 22.7. The average molecular weight is 491 g/mol. The largest absolute Gasteiger partial charge is 0.490 e. The van der Waals surface area contributed by atoms with Crippen LogP contribution in [0, 0.1) is 42.7 Å². The molecule has 10 nitrogen and oxygen atoms in total. The molecule has 6 rings (SSSR count). The minimum absolute atomic E-state index is 0.0364. The van der Waals surface area contributed by atoms with Gasteiger partial charge >= 0.3 is 5.69 Å². The minimum atomic E-state index is -1.27. The number of rotatable bonds is 3. The normalized spacial score (nSPS) is 28.5. The summed E-state index contributed by atoms with van der Waals surface area (Å²) in [6, 6.07) is 6.39. The number of carbonyl (C=O) groups is 3. The number of nitrogens with one attached hydrogen (secondary N) is 1. The maximum Gasteiger partial charge on any atom is 0.311 e. The van der Waals surface area contributed by atoms with Crippen molar-refractivity contribution in [2.24, 2.45) is 11.8 Å². The number of amides is 3. The number of methoxy groups -OCH3 is 1. The Kier molecular flexibility index (Phi) is 4.63. The Morgan fingerprint density at radius 2 is 1.83 bits per heavy atom. The lowest BCUT2D eigenvalue weighted by Gasteiger charge is -2.37. The molecule has 186 valence electrons. The molecule has 4 aliphatic rings. The molecule has 0 radical (unpaired) electrons. The summed E-state index contributed by atoms with van der Waals surface area (Å²) in [5, 5.41) is 14.5. The average Bonchev–Trinajstić information content (AvgIpc) is 3.53. The molecular weight excluding hydrogens is 464 g/mol. The first-order chi connectivity index (χ1) is 17.1. The first-order valence-corrected chi connectivity index (χ1v) is 12.0. The summed E-state index contributed by atoms with van der Waals surface area (Å²) in [7, 11) is 1.31. The summed E-state index contributed by atoms with van der Waals surface area (Å²) in [5.41, 5.74) is 2.51. The van der Waals surface area contributed by atoms with Crippen molar-refractivity contribution in [3.8, 4) is 5.75 Å². The molecule has 4 heterocycles. The van der Waals surface area contributed by atoms with Gasteiger partial charge in [0.2, 0.25) is 17.7 Å². The van der Waals surface area contributed by atoms with Gasteiger partial charge in [-0.3, -0.25) is 29.4 Å². The van der Waals surface area contributed by atoms with Crippen molar-refractivity contribution in [2.45, 2.75) is 45.2 Å². The lowest BCUT2D eigenvalue weighted by atomic mass is 9.75. The van der Waals surface area contributed by atoms with Gasteiger partial charge in [0.25, 0.3) is 0 Å². The van der Waals surface area contributed by atoms with Crippen molar-refractivity contribution < 1.29 is 24.0 Å². The Labute approximate surface area is 207 Å². The third-order valence-corrected chi connectivity index (χ3v) is 8.38. The van der Waals surface area contributed by atoms with Crippen LogP contribution in [0.15, 0.2) is 24.3 Å². The van der Waals surface area contributed by atoms with E-state index in [-0.39, 0.29) is 35.0 Å². The minimum Gasteiger partial charge on any atom is -0.490 e. The zero-order valence-corrected chi connectivity index (χ0v) is 20.5. The Balaban J connectivity index is 1.55. The molecule has 4 unspecified atom stereocenters. The van der Waals surface area contributed by atoms with Crippen molar-refractivity contribution in [3.63, 3.8) is 0 Å². The summed E-state index contributed by atoms with van der Waals surface area (Å²) < 4.78 is 5.22. The molecule has 0 saturated carbocycles. The molecule has 2 aromatic rings. The van der Waals surface area contributed by atoms with Crippen LogP contribution in [0.3, 0.4) is 0 Å². The highest BCUT2D eigenvalue weighted by Gasteiger charge is 2.74. The van der Waals surface area contributed by atoms with E-state index in [9.17, 15) is 24.5 Å². The second-order valence-corrected chi connectivity index (χ2v) is 10.2. The quantitative estimate of drug-likeness (QED) is 0.399. The fourth-order valence-corrected chi connectivity index (χ4v) is 7.11. The lowest BCUT2D eigenvalue weighted by Crippen LogP contribution is -2.54. The molecular formula is C26H26N4O6. The molecule has 1 N–H and O–H groups in total. The van der Waals surface area contributed by atoms with Crippen LogP contribution >= 0.6 is 0 Å². The van der Waals surface area contributed by atoms with Crippen LogP contribution < -0.4 is 15.0 Å². The molecule has 4 aliphatic heterocycles. The van der Waals surface area contributed by atoms with Gasteiger partial charge in [-0.15, -0.1) is 0 Å². The number of aryl methyl sites for hydroxylation is 3. The van der Waals surface area contributed by atoms with Crippen LogP contribution in [0.4, 0.5) is 17.1 Å². The van der Waals surface area contributed by atoms with Crippen molar-refractivity contribution >= 4 is 34.8 Å². The monoisotopic (exact) mass is 490 g/mol. The van der Waals surface area contributed by atoms with Gasteiger partial charge in [0.05, 0.1) is 29.6 Å². The van der Waals surface area contributed by atoms with Crippen LogP contribution in [-0.4, -0.2) is 47.2 Å². The Bertz CT molecular complexity index is 1400. The summed E-state index contributed by atoms with van der Waals surface area (Å²) in [6.07, 6.45) is 1.54. The van der Waals surface area contributed by atoms with E-state index < -0.39 is 28.2 Å². The zero-order chi connectivity index (χ0) is 25.7. The number of imide groups is 1. The highest BCUT2D eigenvalue weighted by Crippen LogP contribution is 2.61. The van der Waals surface area contributed by atoms with E-state index in [1.54, 1.807) is 6.92 Å². The predicted molar refractivity (Wildman–Crippen MR) is 130 cm³/mol. The maximum absolute atomic E-state index is 14.2. The molecule has 0 aliphatic carbocycles. The van der Waals surface area contributed by atoms with Crippen LogP contribution in [-0.2, 0) is 19.9 Å². The third kappa shape index (κ3) is 2.57. The van der Waals surface area contributed by atoms with E-state index in [2.05, 4.69) is 10.2 Å². The van der Waals surface area contributed by atoms with Crippen molar-refractivity contribution in [1.29, 1.82) is 0 Å². The van der Waals surface area contributed by atoms with Gasteiger partial charge < -0.3 is 10.1 Å². The molecule has 1 spiro atoms. The van der Waals surface area contributed by atoms with Gasteiger partial charge in [0.1, 0.15) is 5.54 Å². The third-order valence-electron chi connectivity index (χ3n) is 8.38. The molecule has 0 bridgehead atoms. The van der Waals surface area contributed by atoms with E-state index in [4.69, 9.17) is 4.74 Å². The van der Waals surface area contributed by atoms with Crippen LogP contribution in [0.2, 0.25) is 0 Å². The highest BCUT2D eigenvalue weighted by molar-refractivity contribution is 6.26. The second kappa shape index (κ2) is 7.36. The number of fused-ring (bicyclic) bond motifs is 7. The van der Waals surface area contributed by atoms with E-state index in [1.807, 2.05) is 26.0 Å². The van der Waals surface area contributed by atoms with E-state index >= 15 is 0 Å². The number of carbonyl (C=O) groups excluding carboxylic acids is 3. The number of benzene rings is 2.